The van der Waals surface area contributed by atoms with Gasteiger partial charge < -0.3 is 15.7 Å². The molecule has 0 bridgehead atoms. The Hall–Kier alpha value is -1.26. The third kappa shape index (κ3) is 4.73. The summed E-state index contributed by atoms with van der Waals surface area (Å²) in [4.78, 5) is 22.9. The molecule has 4 unspecified atom stereocenters. The zero-order valence-electron chi connectivity index (χ0n) is 12.1. The van der Waals surface area contributed by atoms with Crippen LogP contribution in [0.1, 0.15) is 46.5 Å². The third-order valence-corrected chi connectivity index (χ3v) is 4.33. The van der Waals surface area contributed by atoms with Gasteiger partial charge in [-0.3, -0.25) is 0 Å². The van der Waals surface area contributed by atoms with Crippen molar-refractivity contribution in [2.24, 2.45) is 17.8 Å². The molecular formula is C14H26N2O3. The van der Waals surface area contributed by atoms with Crippen LogP contribution in [-0.2, 0) is 4.79 Å². The standard InChI is InChI=1S/C14H26N2O3/c1-4-9(2)12(13(17)18)16-14(19)15-8-11-7-5-6-10(11)3/h9-12H,4-8H2,1-3H3,(H,17,18)(H2,15,16,19). The number of hydrogen-bond donors (Lipinski definition) is 3. The average molecular weight is 270 g/mol. The molecule has 0 radical (unpaired) electrons. The van der Waals surface area contributed by atoms with Gasteiger partial charge in [-0.05, 0) is 24.2 Å². The minimum atomic E-state index is -0.973. The first-order chi connectivity index (χ1) is 8.95. The molecule has 0 aromatic carbocycles. The topological polar surface area (TPSA) is 78.4 Å². The molecule has 1 saturated carbocycles. The second-order valence-corrected chi connectivity index (χ2v) is 5.72. The lowest BCUT2D eigenvalue weighted by Crippen LogP contribution is -2.49. The molecule has 0 aromatic heterocycles. The number of carbonyl (C=O) groups excluding carboxylic acids is 1. The molecule has 2 amide bonds. The molecule has 0 aromatic rings. The maximum Gasteiger partial charge on any atom is 0.326 e. The van der Waals surface area contributed by atoms with Crippen LogP contribution in [0.3, 0.4) is 0 Å². The Balaban J connectivity index is 2.38. The van der Waals surface area contributed by atoms with Crippen LogP contribution in [0.25, 0.3) is 0 Å². The molecule has 1 aliphatic carbocycles. The SMILES string of the molecule is CCC(C)C(NC(=O)NCC1CCCC1C)C(=O)O. The fraction of sp³-hybridized carbons (Fsp3) is 0.857. The smallest absolute Gasteiger partial charge is 0.326 e. The largest absolute Gasteiger partial charge is 0.480 e. The summed E-state index contributed by atoms with van der Waals surface area (Å²) in [5, 5.41) is 14.5. The Bertz CT molecular complexity index is 320. The molecule has 3 N–H and O–H groups in total. The van der Waals surface area contributed by atoms with Crippen LogP contribution in [-0.4, -0.2) is 29.7 Å². The van der Waals surface area contributed by atoms with Gasteiger partial charge in [-0.25, -0.2) is 9.59 Å². The van der Waals surface area contributed by atoms with E-state index in [1.807, 2.05) is 13.8 Å². The van der Waals surface area contributed by atoms with Gasteiger partial charge in [-0.1, -0.05) is 40.0 Å². The van der Waals surface area contributed by atoms with Crippen molar-refractivity contribution < 1.29 is 14.7 Å². The highest BCUT2D eigenvalue weighted by molar-refractivity contribution is 5.82. The molecule has 1 fully saturated rings. The first kappa shape index (κ1) is 15.8. The van der Waals surface area contributed by atoms with Crippen LogP contribution >= 0.6 is 0 Å². The minimum absolute atomic E-state index is 0.0753. The van der Waals surface area contributed by atoms with E-state index >= 15 is 0 Å². The summed E-state index contributed by atoms with van der Waals surface area (Å²) in [5.41, 5.74) is 0. The molecule has 1 aliphatic rings. The van der Waals surface area contributed by atoms with Gasteiger partial charge in [0.1, 0.15) is 6.04 Å². The highest BCUT2D eigenvalue weighted by atomic mass is 16.4. The average Bonchev–Trinajstić information content (AvgIpc) is 2.77. The molecule has 5 heteroatoms. The van der Waals surface area contributed by atoms with Gasteiger partial charge in [0.05, 0.1) is 0 Å². The summed E-state index contributed by atoms with van der Waals surface area (Å²) in [5.74, 6) is 0.121. The first-order valence-electron chi connectivity index (χ1n) is 7.22. The predicted octanol–water partition coefficient (Wildman–Crippen LogP) is 2.22. The summed E-state index contributed by atoms with van der Waals surface area (Å²) in [6, 6.07) is -1.18. The van der Waals surface area contributed by atoms with E-state index in [2.05, 4.69) is 17.6 Å². The van der Waals surface area contributed by atoms with Gasteiger partial charge >= 0.3 is 12.0 Å². The van der Waals surface area contributed by atoms with Crippen LogP contribution in [0, 0.1) is 17.8 Å². The van der Waals surface area contributed by atoms with Crippen molar-refractivity contribution in [1.82, 2.24) is 10.6 Å². The van der Waals surface area contributed by atoms with Crippen molar-refractivity contribution in [3.05, 3.63) is 0 Å². The van der Waals surface area contributed by atoms with Crippen molar-refractivity contribution in [2.75, 3.05) is 6.54 Å². The van der Waals surface area contributed by atoms with Gasteiger partial charge in [0, 0.05) is 6.54 Å². The second kappa shape index (κ2) is 7.36. The van der Waals surface area contributed by atoms with Crippen molar-refractivity contribution in [1.29, 1.82) is 0 Å². The maximum absolute atomic E-state index is 11.8. The molecule has 0 spiro atoms. The fourth-order valence-corrected chi connectivity index (χ4v) is 2.62. The van der Waals surface area contributed by atoms with E-state index in [0.717, 1.165) is 12.8 Å². The summed E-state index contributed by atoms with van der Waals surface area (Å²) in [7, 11) is 0. The number of amides is 2. The summed E-state index contributed by atoms with van der Waals surface area (Å²) in [6.45, 7) is 6.59. The minimum Gasteiger partial charge on any atom is -0.480 e. The number of urea groups is 1. The Morgan fingerprint density at radius 1 is 1.37 bits per heavy atom. The van der Waals surface area contributed by atoms with E-state index in [1.165, 1.54) is 12.8 Å². The zero-order valence-corrected chi connectivity index (χ0v) is 12.1. The van der Waals surface area contributed by atoms with Gasteiger partial charge in [0.15, 0.2) is 0 Å². The number of hydrogen-bond acceptors (Lipinski definition) is 2. The lowest BCUT2D eigenvalue weighted by Gasteiger charge is -2.22. The second-order valence-electron chi connectivity index (χ2n) is 5.72. The Labute approximate surface area is 115 Å². The summed E-state index contributed by atoms with van der Waals surface area (Å²) < 4.78 is 0. The monoisotopic (exact) mass is 270 g/mol. The first-order valence-corrected chi connectivity index (χ1v) is 7.22. The van der Waals surface area contributed by atoms with Crippen molar-refractivity contribution in [3.63, 3.8) is 0 Å². The molecule has 110 valence electrons. The van der Waals surface area contributed by atoms with Crippen LogP contribution in [0.5, 0.6) is 0 Å². The lowest BCUT2D eigenvalue weighted by molar-refractivity contribution is -0.140. The molecule has 0 aliphatic heterocycles. The summed E-state index contributed by atoms with van der Waals surface area (Å²) in [6.07, 6.45) is 4.31. The summed E-state index contributed by atoms with van der Waals surface area (Å²) >= 11 is 0. The highest BCUT2D eigenvalue weighted by Crippen LogP contribution is 2.30. The lowest BCUT2D eigenvalue weighted by atomic mass is 9.98. The fourth-order valence-electron chi connectivity index (χ4n) is 2.62. The number of rotatable bonds is 6. The Morgan fingerprint density at radius 3 is 2.53 bits per heavy atom. The Morgan fingerprint density at radius 2 is 2.05 bits per heavy atom. The molecule has 1 rings (SSSR count). The van der Waals surface area contributed by atoms with Gasteiger partial charge in [0.25, 0.3) is 0 Å². The van der Waals surface area contributed by atoms with E-state index in [1.54, 1.807) is 0 Å². The number of carbonyl (C=O) groups is 2. The van der Waals surface area contributed by atoms with E-state index in [-0.39, 0.29) is 11.9 Å². The van der Waals surface area contributed by atoms with E-state index < -0.39 is 12.0 Å². The van der Waals surface area contributed by atoms with Crippen molar-refractivity contribution in [3.8, 4) is 0 Å². The van der Waals surface area contributed by atoms with Crippen molar-refractivity contribution in [2.45, 2.75) is 52.5 Å². The van der Waals surface area contributed by atoms with E-state index in [4.69, 9.17) is 5.11 Å². The molecule has 0 heterocycles. The molecule has 5 nitrogen and oxygen atoms in total. The Kier molecular flexibility index (Phi) is 6.12. The van der Waals surface area contributed by atoms with Crippen LogP contribution in [0.2, 0.25) is 0 Å². The van der Waals surface area contributed by atoms with Gasteiger partial charge in [0.2, 0.25) is 0 Å². The van der Waals surface area contributed by atoms with Crippen LogP contribution in [0.15, 0.2) is 0 Å². The maximum atomic E-state index is 11.8. The third-order valence-electron chi connectivity index (χ3n) is 4.33. The van der Waals surface area contributed by atoms with Gasteiger partial charge in [-0.2, -0.15) is 0 Å². The van der Waals surface area contributed by atoms with E-state index in [0.29, 0.717) is 18.4 Å². The number of carboxylic acids is 1. The van der Waals surface area contributed by atoms with Crippen LogP contribution in [0.4, 0.5) is 4.79 Å². The molecule has 19 heavy (non-hydrogen) atoms. The number of aliphatic carboxylic acids is 1. The zero-order chi connectivity index (χ0) is 14.4. The number of nitrogens with one attached hydrogen (secondary N) is 2. The molecular weight excluding hydrogens is 244 g/mol. The number of carboxylic acid groups (broad SMARTS) is 1. The predicted molar refractivity (Wildman–Crippen MR) is 73.9 cm³/mol. The quantitative estimate of drug-likeness (QED) is 0.692. The van der Waals surface area contributed by atoms with Gasteiger partial charge in [-0.15, -0.1) is 0 Å². The van der Waals surface area contributed by atoms with E-state index in [9.17, 15) is 9.59 Å². The van der Waals surface area contributed by atoms with Crippen molar-refractivity contribution >= 4 is 12.0 Å². The molecule has 4 atom stereocenters. The normalized spacial score (nSPS) is 25.6. The molecule has 0 saturated heterocycles. The highest BCUT2D eigenvalue weighted by Gasteiger charge is 2.27. The van der Waals surface area contributed by atoms with Crippen LogP contribution < -0.4 is 10.6 Å².